The van der Waals surface area contributed by atoms with Gasteiger partial charge in [0.1, 0.15) is 0 Å². The minimum Gasteiger partial charge on any atom is -0.322 e. The van der Waals surface area contributed by atoms with Crippen molar-refractivity contribution < 1.29 is 13.2 Å². The van der Waals surface area contributed by atoms with Crippen molar-refractivity contribution in [3.8, 4) is 0 Å². The van der Waals surface area contributed by atoms with Crippen LogP contribution in [0.1, 0.15) is 28.5 Å². The van der Waals surface area contributed by atoms with Gasteiger partial charge in [-0.15, -0.1) is 0 Å². The number of rotatable bonds is 5. The van der Waals surface area contributed by atoms with Gasteiger partial charge in [-0.2, -0.15) is 0 Å². The molecule has 1 amide bonds. The summed E-state index contributed by atoms with van der Waals surface area (Å²) in [6, 6.07) is 13.9. The number of carbonyl (C=O) groups is 1. The van der Waals surface area contributed by atoms with Gasteiger partial charge in [0, 0.05) is 55.9 Å². The number of sulfonamides is 1. The van der Waals surface area contributed by atoms with Crippen LogP contribution in [0, 0.1) is 0 Å². The number of fused-ring (bicyclic) bond motifs is 2. The SMILES string of the molecule is CCN1CCc2nc3ccccc3c(C(=O)Nc3ccc(S(=O)(=O)N(C)C)cc3)c2C1. The number of carbonyl (C=O) groups excluding carboxylic acids is 1. The Balaban J connectivity index is 1.71. The minimum absolute atomic E-state index is 0.181. The Morgan fingerprint density at radius 3 is 2.52 bits per heavy atom. The molecule has 31 heavy (non-hydrogen) atoms. The summed E-state index contributed by atoms with van der Waals surface area (Å²) in [5, 5.41) is 3.77. The summed E-state index contributed by atoms with van der Waals surface area (Å²) in [5.74, 6) is -0.212. The fourth-order valence-electron chi connectivity index (χ4n) is 3.89. The van der Waals surface area contributed by atoms with Crippen molar-refractivity contribution in [1.82, 2.24) is 14.2 Å². The van der Waals surface area contributed by atoms with E-state index in [1.807, 2.05) is 24.3 Å². The van der Waals surface area contributed by atoms with E-state index in [9.17, 15) is 13.2 Å². The van der Waals surface area contributed by atoms with E-state index in [4.69, 9.17) is 4.98 Å². The van der Waals surface area contributed by atoms with Gasteiger partial charge in [0.25, 0.3) is 5.91 Å². The summed E-state index contributed by atoms with van der Waals surface area (Å²) < 4.78 is 25.7. The third-order valence-electron chi connectivity index (χ3n) is 5.69. The number of aromatic nitrogens is 1. The van der Waals surface area contributed by atoms with Crippen molar-refractivity contribution in [3.05, 3.63) is 65.4 Å². The molecule has 0 radical (unpaired) electrons. The van der Waals surface area contributed by atoms with Crippen molar-refractivity contribution in [3.63, 3.8) is 0 Å². The number of nitrogens with zero attached hydrogens (tertiary/aromatic N) is 3. The smallest absolute Gasteiger partial charge is 0.256 e. The molecule has 0 saturated heterocycles. The highest BCUT2D eigenvalue weighted by molar-refractivity contribution is 7.89. The second kappa shape index (κ2) is 8.37. The molecule has 0 atom stereocenters. The molecular weight excluding hydrogens is 412 g/mol. The standard InChI is InChI=1S/C23H26N4O3S/c1-4-27-14-13-21-19(15-27)22(18-7-5-6-8-20(18)25-21)23(28)24-16-9-11-17(12-10-16)31(29,30)26(2)3/h5-12H,4,13-15H2,1-3H3,(H,24,28). The molecule has 1 aliphatic heterocycles. The molecule has 2 heterocycles. The van der Waals surface area contributed by atoms with E-state index in [0.717, 1.165) is 46.0 Å². The van der Waals surface area contributed by atoms with Gasteiger partial charge in [0.15, 0.2) is 0 Å². The first kappa shape index (κ1) is 21.4. The Hall–Kier alpha value is -2.81. The summed E-state index contributed by atoms with van der Waals surface area (Å²) in [6.07, 6.45) is 0.811. The lowest BCUT2D eigenvalue weighted by Crippen LogP contribution is -2.33. The Morgan fingerprint density at radius 2 is 1.84 bits per heavy atom. The molecule has 162 valence electrons. The van der Waals surface area contributed by atoms with E-state index in [1.54, 1.807) is 12.1 Å². The van der Waals surface area contributed by atoms with Crippen LogP contribution < -0.4 is 5.32 Å². The first-order chi connectivity index (χ1) is 14.8. The van der Waals surface area contributed by atoms with Crippen LogP contribution in [-0.4, -0.2) is 55.7 Å². The van der Waals surface area contributed by atoms with Gasteiger partial charge in [-0.05, 0) is 36.9 Å². The number of anilines is 1. The van der Waals surface area contributed by atoms with Gasteiger partial charge in [-0.1, -0.05) is 25.1 Å². The van der Waals surface area contributed by atoms with Crippen LogP contribution in [-0.2, 0) is 23.0 Å². The lowest BCUT2D eigenvalue weighted by atomic mass is 9.95. The zero-order valence-electron chi connectivity index (χ0n) is 17.9. The van der Waals surface area contributed by atoms with Crippen LogP contribution in [0.5, 0.6) is 0 Å². The van der Waals surface area contributed by atoms with Crippen LogP contribution in [0.4, 0.5) is 5.69 Å². The van der Waals surface area contributed by atoms with Gasteiger partial charge in [0.05, 0.1) is 16.0 Å². The predicted molar refractivity (Wildman–Crippen MR) is 122 cm³/mol. The van der Waals surface area contributed by atoms with E-state index in [0.29, 0.717) is 17.8 Å². The quantitative estimate of drug-likeness (QED) is 0.662. The maximum Gasteiger partial charge on any atom is 0.256 e. The number of hydrogen-bond donors (Lipinski definition) is 1. The maximum atomic E-state index is 13.4. The van der Waals surface area contributed by atoms with Gasteiger partial charge in [0.2, 0.25) is 10.0 Å². The summed E-state index contributed by atoms with van der Waals surface area (Å²) in [7, 11) is -0.541. The fraction of sp³-hybridized carbons (Fsp3) is 0.304. The zero-order chi connectivity index (χ0) is 22.2. The summed E-state index contributed by atoms with van der Waals surface area (Å²) in [4.78, 5) is 20.7. The van der Waals surface area contributed by atoms with Gasteiger partial charge in [-0.3, -0.25) is 14.7 Å². The minimum atomic E-state index is -3.52. The molecule has 8 heteroatoms. The zero-order valence-corrected chi connectivity index (χ0v) is 18.7. The summed E-state index contributed by atoms with van der Waals surface area (Å²) in [6.45, 7) is 4.64. The van der Waals surface area contributed by atoms with Crippen LogP contribution >= 0.6 is 0 Å². The van der Waals surface area contributed by atoms with E-state index in [-0.39, 0.29) is 10.8 Å². The third kappa shape index (κ3) is 4.06. The summed E-state index contributed by atoms with van der Waals surface area (Å²) >= 11 is 0. The molecule has 1 N–H and O–H groups in total. The first-order valence-electron chi connectivity index (χ1n) is 10.3. The highest BCUT2D eigenvalue weighted by Gasteiger charge is 2.25. The Bertz CT molecular complexity index is 1240. The maximum absolute atomic E-state index is 13.4. The highest BCUT2D eigenvalue weighted by Crippen LogP contribution is 2.29. The van der Waals surface area contributed by atoms with Crippen LogP contribution in [0.2, 0.25) is 0 Å². The van der Waals surface area contributed by atoms with Crippen molar-refractivity contribution in [1.29, 1.82) is 0 Å². The fourth-order valence-corrected chi connectivity index (χ4v) is 4.79. The van der Waals surface area contributed by atoms with Crippen LogP contribution in [0.3, 0.4) is 0 Å². The lowest BCUT2D eigenvalue weighted by molar-refractivity contribution is 0.102. The number of hydrogen-bond acceptors (Lipinski definition) is 5. The molecule has 0 saturated carbocycles. The molecule has 2 aromatic carbocycles. The largest absolute Gasteiger partial charge is 0.322 e. The van der Waals surface area contributed by atoms with E-state index in [2.05, 4.69) is 17.1 Å². The first-order valence-corrected chi connectivity index (χ1v) is 11.7. The van der Waals surface area contributed by atoms with Crippen LogP contribution in [0.15, 0.2) is 53.4 Å². The molecule has 1 aliphatic rings. The van der Waals surface area contributed by atoms with Crippen molar-refractivity contribution in [2.24, 2.45) is 0 Å². The molecule has 0 unspecified atom stereocenters. The second-order valence-corrected chi connectivity index (χ2v) is 9.97. The highest BCUT2D eigenvalue weighted by atomic mass is 32.2. The van der Waals surface area contributed by atoms with E-state index >= 15 is 0 Å². The number of benzene rings is 2. The molecule has 0 bridgehead atoms. The van der Waals surface area contributed by atoms with Gasteiger partial charge in [-0.25, -0.2) is 12.7 Å². The number of pyridine rings is 1. The molecule has 1 aromatic heterocycles. The average molecular weight is 439 g/mol. The number of nitrogens with one attached hydrogen (secondary N) is 1. The average Bonchev–Trinajstić information content (AvgIpc) is 2.77. The lowest BCUT2D eigenvalue weighted by Gasteiger charge is -2.29. The summed E-state index contributed by atoms with van der Waals surface area (Å²) in [5.41, 5.74) is 3.94. The molecular formula is C23H26N4O3S. The molecule has 4 rings (SSSR count). The monoisotopic (exact) mass is 438 g/mol. The third-order valence-corrected chi connectivity index (χ3v) is 7.52. The van der Waals surface area contributed by atoms with E-state index in [1.165, 1.54) is 26.2 Å². The van der Waals surface area contributed by atoms with Gasteiger partial charge < -0.3 is 5.32 Å². The number of para-hydroxylation sites is 1. The number of amides is 1. The molecule has 3 aromatic rings. The van der Waals surface area contributed by atoms with Gasteiger partial charge >= 0.3 is 0 Å². The topological polar surface area (TPSA) is 82.6 Å². The Morgan fingerprint density at radius 1 is 1.13 bits per heavy atom. The van der Waals surface area contributed by atoms with Crippen LogP contribution in [0.25, 0.3) is 10.9 Å². The second-order valence-electron chi connectivity index (χ2n) is 7.81. The Labute approximate surface area is 182 Å². The molecule has 0 fully saturated rings. The number of likely N-dealkylation sites (N-methyl/N-ethyl adjacent to an activating group) is 1. The Kier molecular flexibility index (Phi) is 5.79. The normalized spacial score (nSPS) is 14.6. The molecule has 0 spiro atoms. The van der Waals surface area contributed by atoms with Crippen molar-refractivity contribution in [2.45, 2.75) is 24.8 Å². The van der Waals surface area contributed by atoms with Crippen molar-refractivity contribution >= 4 is 32.5 Å². The molecule has 0 aliphatic carbocycles. The van der Waals surface area contributed by atoms with E-state index < -0.39 is 10.0 Å². The molecule has 7 nitrogen and oxygen atoms in total. The van der Waals surface area contributed by atoms with Crippen molar-refractivity contribution in [2.75, 3.05) is 32.5 Å². The predicted octanol–water partition coefficient (Wildman–Crippen LogP) is 3.12.